The van der Waals surface area contributed by atoms with Crippen molar-refractivity contribution in [2.24, 2.45) is 0 Å². The maximum Gasteiger partial charge on any atom is 0.318 e. The van der Waals surface area contributed by atoms with E-state index in [0.717, 1.165) is 89.4 Å². The minimum absolute atomic E-state index is 0.0940. The Hall–Kier alpha value is -2.23. The molecule has 0 amide bonds. The molecule has 178 valence electrons. The molecule has 1 spiro atoms. The van der Waals surface area contributed by atoms with E-state index in [1.807, 2.05) is 6.07 Å². The van der Waals surface area contributed by atoms with Gasteiger partial charge in [0.05, 0.1) is 32.9 Å². The minimum atomic E-state index is -0.186. The zero-order valence-electron chi connectivity index (χ0n) is 18.8. The molecule has 1 aromatic carbocycles. The Balaban J connectivity index is 1.05. The van der Waals surface area contributed by atoms with Crippen LogP contribution in [0.25, 0.3) is 0 Å². The normalized spacial score (nSPS) is 26.6. The maximum absolute atomic E-state index is 14.1. The molecule has 33 heavy (non-hydrogen) atoms. The summed E-state index contributed by atoms with van der Waals surface area (Å²) in [6, 6.07) is 6.01. The molecule has 0 aliphatic carbocycles. The molecule has 4 aliphatic heterocycles. The Morgan fingerprint density at radius 3 is 2.67 bits per heavy atom. The third-order valence-corrected chi connectivity index (χ3v) is 7.69. The lowest BCUT2D eigenvalue weighted by Gasteiger charge is -2.46. The van der Waals surface area contributed by atoms with Crippen molar-refractivity contribution in [2.75, 3.05) is 50.9 Å². The Labute approximate surface area is 193 Å². The number of halogens is 1. The molecule has 0 bridgehead atoms. The smallest absolute Gasteiger partial charge is 0.318 e. The van der Waals surface area contributed by atoms with Crippen LogP contribution in [0.5, 0.6) is 5.75 Å². The summed E-state index contributed by atoms with van der Waals surface area (Å²) in [6.45, 7) is 5.83. The molecule has 4 aliphatic rings. The second kappa shape index (κ2) is 8.85. The highest BCUT2D eigenvalue weighted by Crippen LogP contribution is 2.41. The molecular weight excluding hydrogens is 427 g/mol. The number of ether oxygens (including phenoxy) is 3. The highest BCUT2D eigenvalue weighted by atomic mass is 19.1. The van der Waals surface area contributed by atoms with Gasteiger partial charge in [0.1, 0.15) is 23.3 Å². The summed E-state index contributed by atoms with van der Waals surface area (Å²) in [7, 11) is 0. The average molecular weight is 459 g/mol. The number of hydrogen-bond donors (Lipinski definition) is 0. The van der Waals surface area contributed by atoms with Crippen molar-refractivity contribution < 1.29 is 23.0 Å². The molecule has 5 heterocycles. The lowest BCUT2D eigenvalue weighted by molar-refractivity contribution is -0.0216. The molecular formula is C24H31FN4O4. The van der Waals surface area contributed by atoms with Crippen molar-refractivity contribution in [3.63, 3.8) is 0 Å². The Morgan fingerprint density at radius 1 is 1.09 bits per heavy atom. The van der Waals surface area contributed by atoms with Crippen molar-refractivity contribution in [2.45, 2.75) is 55.8 Å². The zero-order chi connectivity index (χ0) is 22.3. The highest BCUT2D eigenvalue weighted by Gasteiger charge is 2.52. The monoisotopic (exact) mass is 458 g/mol. The van der Waals surface area contributed by atoms with Crippen molar-refractivity contribution >= 4 is 6.01 Å². The van der Waals surface area contributed by atoms with Crippen molar-refractivity contribution in [3.05, 3.63) is 36.0 Å². The Kier molecular flexibility index (Phi) is 5.72. The Bertz CT molecular complexity index is 938. The summed E-state index contributed by atoms with van der Waals surface area (Å²) in [5.74, 6) is 0.981. The standard InChI is InChI=1S/C24H31FN4O4/c25-18-1-2-22(33-20-5-9-30-10-6-20)21(11-18)17-3-7-28(8-4-17)19-12-24(32-13-19)14-29(15-24)23-27-26-16-31-23/h1-2,11,16-17,19-20H,3-10,12-15H2. The molecule has 1 aromatic heterocycles. The summed E-state index contributed by atoms with van der Waals surface area (Å²) < 4.78 is 37.4. The van der Waals surface area contributed by atoms with E-state index in [1.54, 1.807) is 6.07 Å². The molecule has 0 N–H and O–H groups in total. The van der Waals surface area contributed by atoms with Crippen LogP contribution in [0.2, 0.25) is 0 Å². The molecule has 0 radical (unpaired) electrons. The number of rotatable bonds is 5. The number of benzene rings is 1. The van der Waals surface area contributed by atoms with Crippen LogP contribution in [0.1, 0.15) is 43.6 Å². The summed E-state index contributed by atoms with van der Waals surface area (Å²) in [5.41, 5.74) is 0.929. The predicted molar refractivity (Wildman–Crippen MR) is 118 cm³/mol. The quantitative estimate of drug-likeness (QED) is 0.677. The fourth-order valence-electron chi connectivity index (χ4n) is 5.86. The first-order valence-corrected chi connectivity index (χ1v) is 12.1. The maximum atomic E-state index is 14.1. The van der Waals surface area contributed by atoms with Crippen molar-refractivity contribution in [1.29, 1.82) is 0 Å². The van der Waals surface area contributed by atoms with E-state index in [0.29, 0.717) is 18.0 Å². The number of nitrogens with zero attached hydrogens (tertiary/aromatic N) is 4. The van der Waals surface area contributed by atoms with Gasteiger partial charge < -0.3 is 23.5 Å². The first-order chi connectivity index (χ1) is 16.2. The van der Waals surface area contributed by atoms with E-state index < -0.39 is 0 Å². The van der Waals surface area contributed by atoms with E-state index in [4.69, 9.17) is 18.6 Å². The zero-order valence-corrected chi connectivity index (χ0v) is 18.8. The molecule has 4 fully saturated rings. The van der Waals surface area contributed by atoms with Crippen LogP contribution in [-0.4, -0.2) is 78.8 Å². The molecule has 0 saturated carbocycles. The average Bonchev–Trinajstić information content (AvgIpc) is 3.51. The van der Waals surface area contributed by atoms with E-state index >= 15 is 0 Å². The van der Waals surface area contributed by atoms with Crippen LogP contribution in [-0.2, 0) is 9.47 Å². The van der Waals surface area contributed by atoms with Crippen LogP contribution in [0, 0.1) is 5.82 Å². The fraction of sp³-hybridized carbons (Fsp3) is 0.667. The summed E-state index contributed by atoms with van der Waals surface area (Å²) in [4.78, 5) is 4.63. The lowest BCUT2D eigenvalue weighted by Crippen LogP contribution is -2.62. The number of likely N-dealkylation sites (tertiary alicyclic amines) is 1. The van der Waals surface area contributed by atoms with Gasteiger partial charge in [0.25, 0.3) is 0 Å². The summed E-state index contributed by atoms with van der Waals surface area (Å²) >= 11 is 0. The molecule has 4 saturated heterocycles. The van der Waals surface area contributed by atoms with Crippen LogP contribution in [0.3, 0.4) is 0 Å². The van der Waals surface area contributed by atoms with Crippen LogP contribution >= 0.6 is 0 Å². The van der Waals surface area contributed by atoms with Gasteiger partial charge in [-0.15, -0.1) is 5.10 Å². The van der Waals surface area contributed by atoms with Gasteiger partial charge in [-0.25, -0.2) is 4.39 Å². The number of anilines is 1. The second-order valence-corrected chi connectivity index (χ2v) is 9.85. The lowest BCUT2D eigenvalue weighted by atomic mass is 9.86. The second-order valence-electron chi connectivity index (χ2n) is 9.85. The van der Waals surface area contributed by atoms with E-state index in [2.05, 4.69) is 20.0 Å². The van der Waals surface area contributed by atoms with Gasteiger partial charge >= 0.3 is 6.01 Å². The molecule has 8 nitrogen and oxygen atoms in total. The number of piperidine rings is 1. The van der Waals surface area contributed by atoms with Gasteiger partial charge in [0.2, 0.25) is 6.39 Å². The van der Waals surface area contributed by atoms with Gasteiger partial charge in [-0.05, 0) is 56.5 Å². The van der Waals surface area contributed by atoms with Crippen molar-refractivity contribution in [3.8, 4) is 5.75 Å². The van der Waals surface area contributed by atoms with Gasteiger partial charge in [0, 0.05) is 24.4 Å². The van der Waals surface area contributed by atoms with E-state index in [-0.39, 0.29) is 17.5 Å². The molecule has 1 atom stereocenters. The highest BCUT2D eigenvalue weighted by molar-refractivity contribution is 5.38. The van der Waals surface area contributed by atoms with Gasteiger partial charge in [-0.2, -0.15) is 0 Å². The third-order valence-electron chi connectivity index (χ3n) is 7.69. The minimum Gasteiger partial charge on any atom is -0.490 e. The number of hydrogen-bond acceptors (Lipinski definition) is 8. The molecule has 9 heteroatoms. The van der Waals surface area contributed by atoms with Crippen LogP contribution in [0.15, 0.2) is 29.0 Å². The first kappa shape index (κ1) is 21.3. The van der Waals surface area contributed by atoms with Gasteiger partial charge in [0.15, 0.2) is 0 Å². The number of aromatic nitrogens is 2. The van der Waals surface area contributed by atoms with Crippen molar-refractivity contribution in [1.82, 2.24) is 15.1 Å². The summed E-state index contributed by atoms with van der Waals surface area (Å²) in [6.07, 6.45) is 6.34. The third kappa shape index (κ3) is 4.34. The predicted octanol–water partition coefficient (Wildman–Crippen LogP) is 2.99. The molecule has 6 rings (SSSR count). The van der Waals surface area contributed by atoms with Gasteiger partial charge in [-0.1, -0.05) is 5.10 Å². The summed E-state index contributed by atoms with van der Waals surface area (Å²) in [5, 5.41) is 7.75. The van der Waals surface area contributed by atoms with Crippen LogP contribution in [0.4, 0.5) is 10.4 Å². The van der Waals surface area contributed by atoms with Crippen LogP contribution < -0.4 is 9.64 Å². The Morgan fingerprint density at radius 2 is 1.91 bits per heavy atom. The SMILES string of the molecule is Fc1ccc(OC2CCOCC2)c(C2CCN(C3COC4(C3)CN(c3nnco3)C4)CC2)c1. The van der Waals surface area contributed by atoms with E-state index in [9.17, 15) is 4.39 Å². The van der Waals surface area contributed by atoms with Gasteiger partial charge in [-0.3, -0.25) is 4.90 Å². The molecule has 2 aromatic rings. The largest absolute Gasteiger partial charge is 0.490 e. The first-order valence-electron chi connectivity index (χ1n) is 12.1. The fourth-order valence-corrected chi connectivity index (χ4v) is 5.86. The van der Waals surface area contributed by atoms with E-state index in [1.165, 1.54) is 12.5 Å². The molecule has 1 unspecified atom stereocenters. The topological polar surface area (TPSA) is 73.1 Å².